The number of hydrogen-bond acceptors (Lipinski definition) is 0. The summed E-state index contributed by atoms with van der Waals surface area (Å²) in [6, 6.07) is 0. The largest absolute Gasteiger partial charge is 0.0999 e. The van der Waals surface area contributed by atoms with Crippen molar-refractivity contribution in [1.29, 1.82) is 0 Å². The van der Waals surface area contributed by atoms with Crippen LogP contribution in [-0.4, -0.2) is 0 Å². The Kier molecular flexibility index (Phi) is 2.38. The maximum absolute atomic E-state index is 3.32. The predicted molar refractivity (Wildman–Crippen MR) is 44.5 cm³/mol. The van der Waals surface area contributed by atoms with Crippen LogP contribution >= 0.6 is 0 Å². The van der Waals surface area contributed by atoms with Crippen molar-refractivity contribution in [3.05, 3.63) is 0 Å². The quantitative estimate of drug-likeness (QED) is 0.486. The molecule has 0 aromatic carbocycles. The fraction of sp³-hybridized carbons (Fsp3) is 0.800. The van der Waals surface area contributed by atoms with Crippen LogP contribution in [-0.2, 0) is 0 Å². The first-order valence-electron chi connectivity index (χ1n) is 4.21. The van der Waals surface area contributed by atoms with Crippen LogP contribution in [0.3, 0.4) is 0 Å². The van der Waals surface area contributed by atoms with E-state index in [1.54, 1.807) is 0 Å². The van der Waals surface area contributed by atoms with Crippen molar-refractivity contribution in [2.24, 2.45) is 17.8 Å². The molecule has 10 heavy (non-hydrogen) atoms. The van der Waals surface area contributed by atoms with Crippen LogP contribution in [0.1, 0.15) is 33.6 Å². The highest BCUT2D eigenvalue weighted by Gasteiger charge is 2.14. The molecular weight excluding hydrogens is 120 g/mol. The van der Waals surface area contributed by atoms with Crippen molar-refractivity contribution in [3.63, 3.8) is 0 Å². The van der Waals surface area contributed by atoms with Crippen LogP contribution in [0.5, 0.6) is 0 Å². The van der Waals surface area contributed by atoms with Gasteiger partial charge in [-0.2, -0.15) is 0 Å². The van der Waals surface area contributed by atoms with Crippen molar-refractivity contribution >= 4 is 0 Å². The van der Waals surface area contributed by atoms with Crippen molar-refractivity contribution in [2.45, 2.75) is 33.6 Å². The van der Waals surface area contributed by atoms with Crippen molar-refractivity contribution < 1.29 is 0 Å². The fourth-order valence-electron chi connectivity index (χ4n) is 1.32. The Hall–Kier alpha value is -0.440. The van der Waals surface area contributed by atoms with E-state index in [1.165, 1.54) is 12.8 Å². The average Bonchev–Trinajstić information content (AvgIpc) is 1.88. The van der Waals surface area contributed by atoms with E-state index in [1.807, 2.05) is 0 Å². The molecule has 0 radical (unpaired) electrons. The molecule has 0 fully saturated rings. The van der Waals surface area contributed by atoms with E-state index in [2.05, 4.69) is 32.6 Å². The Labute approximate surface area is 64.0 Å². The summed E-state index contributed by atoms with van der Waals surface area (Å²) in [4.78, 5) is 0. The molecule has 2 unspecified atom stereocenters. The van der Waals surface area contributed by atoms with Gasteiger partial charge in [0.05, 0.1) is 0 Å². The summed E-state index contributed by atoms with van der Waals surface area (Å²) in [7, 11) is 0. The molecule has 2 atom stereocenters. The lowest BCUT2D eigenvalue weighted by Crippen LogP contribution is -2.11. The average molecular weight is 136 g/mol. The van der Waals surface area contributed by atoms with Crippen molar-refractivity contribution in [3.8, 4) is 11.8 Å². The topological polar surface area (TPSA) is 0 Å². The molecule has 1 rings (SSSR count). The first-order valence-corrected chi connectivity index (χ1v) is 4.21. The smallest absolute Gasteiger partial charge is 0.0226 e. The van der Waals surface area contributed by atoms with Gasteiger partial charge in [0, 0.05) is 11.8 Å². The minimum Gasteiger partial charge on any atom is -0.0999 e. The molecule has 0 aliphatic heterocycles. The Morgan fingerprint density at radius 2 is 1.90 bits per heavy atom. The molecule has 0 amide bonds. The third kappa shape index (κ3) is 1.77. The summed E-state index contributed by atoms with van der Waals surface area (Å²) in [5.74, 6) is 8.66. The summed E-state index contributed by atoms with van der Waals surface area (Å²) >= 11 is 0. The highest BCUT2D eigenvalue weighted by atomic mass is 14.2. The molecule has 1 aliphatic rings. The summed E-state index contributed by atoms with van der Waals surface area (Å²) in [6.07, 6.45) is 2.61. The number of rotatable bonds is 1. The van der Waals surface area contributed by atoms with Gasteiger partial charge in [0.15, 0.2) is 0 Å². The second kappa shape index (κ2) is 3.10. The van der Waals surface area contributed by atoms with Crippen molar-refractivity contribution in [2.75, 3.05) is 0 Å². The van der Waals surface area contributed by atoms with E-state index >= 15 is 0 Å². The van der Waals surface area contributed by atoms with E-state index < -0.39 is 0 Å². The third-order valence-electron chi connectivity index (χ3n) is 2.23. The van der Waals surface area contributed by atoms with Gasteiger partial charge in [-0.3, -0.25) is 0 Å². The molecule has 0 heteroatoms. The summed E-state index contributed by atoms with van der Waals surface area (Å²) in [5, 5.41) is 0. The second-order valence-corrected chi connectivity index (χ2v) is 3.62. The van der Waals surface area contributed by atoms with E-state index in [9.17, 15) is 0 Å². The predicted octanol–water partition coefficient (Wildman–Crippen LogP) is 2.69. The van der Waals surface area contributed by atoms with Gasteiger partial charge < -0.3 is 0 Å². The Balaban J connectivity index is 2.52. The second-order valence-electron chi connectivity index (χ2n) is 3.62. The van der Waals surface area contributed by atoms with Gasteiger partial charge in [-0.05, 0) is 18.8 Å². The molecule has 56 valence electrons. The summed E-state index contributed by atoms with van der Waals surface area (Å²) in [6.45, 7) is 6.73. The van der Waals surface area contributed by atoms with Crippen LogP contribution in [0.25, 0.3) is 0 Å². The first-order chi connectivity index (χ1) is 4.70. The maximum atomic E-state index is 3.32. The van der Waals surface area contributed by atoms with Crippen molar-refractivity contribution in [1.82, 2.24) is 0 Å². The molecular formula is C10H16. The van der Waals surface area contributed by atoms with Crippen LogP contribution in [0.15, 0.2) is 0 Å². The minimum atomic E-state index is 0.648. The molecule has 0 saturated heterocycles. The first kappa shape index (κ1) is 7.66. The van der Waals surface area contributed by atoms with Crippen LogP contribution < -0.4 is 0 Å². The van der Waals surface area contributed by atoms with Crippen LogP contribution in [0.4, 0.5) is 0 Å². The molecule has 0 N–H and O–H groups in total. The zero-order valence-corrected chi connectivity index (χ0v) is 7.15. The molecule has 0 saturated carbocycles. The zero-order valence-electron chi connectivity index (χ0n) is 7.15. The number of hydrogen-bond donors (Lipinski definition) is 0. The van der Waals surface area contributed by atoms with E-state index in [0.717, 1.165) is 5.92 Å². The van der Waals surface area contributed by atoms with Crippen LogP contribution in [0.2, 0.25) is 0 Å². The molecule has 0 nitrogen and oxygen atoms in total. The molecule has 1 aliphatic carbocycles. The lowest BCUT2D eigenvalue weighted by Gasteiger charge is -2.19. The van der Waals surface area contributed by atoms with Gasteiger partial charge in [0.1, 0.15) is 0 Å². The molecule has 0 aromatic rings. The molecule has 0 spiro atoms. The van der Waals surface area contributed by atoms with E-state index in [0.29, 0.717) is 11.8 Å². The van der Waals surface area contributed by atoms with Gasteiger partial charge >= 0.3 is 0 Å². The fourth-order valence-corrected chi connectivity index (χ4v) is 1.32. The highest BCUT2D eigenvalue weighted by Crippen LogP contribution is 2.22. The zero-order chi connectivity index (χ0) is 7.56. The van der Waals surface area contributed by atoms with Gasteiger partial charge in [0.2, 0.25) is 0 Å². The highest BCUT2D eigenvalue weighted by molar-refractivity contribution is 5.10. The van der Waals surface area contributed by atoms with E-state index in [-0.39, 0.29) is 0 Å². The lowest BCUT2D eigenvalue weighted by atomic mass is 9.85. The van der Waals surface area contributed by atoms with Crippen LogP contribution in [0, 0.1) is 29.6 Å². The Morgan fingerprint density at radius 1 is 1.20 bits per heavy atom. The lowest BCUT2D eigenvalue weighted by molar-refractivity contribution is 0.407. The molecule has 0 bridgehead atoms. The molecule has 0 aromatic heterocycles. The van der Waals surface area contributed by atoms with Gasteiger partial charge in [-0.1, -0.05) is 32.6 Å². The third-order valence-corrected chi connectivity index (χ3v) is 2.23. The summed E-state index contributed by atoms with van der Waals surface area (Å²) in [5.41, 5.74) is 0. The van der Waals surface area contributed by atoms with Gasteiger partial charge in [-0.25, -0.2) is 0 Å². The minimum absolute atomic E-state index is 0.648. The van der Waals surface area contributed by atoms with Gasteiger partial charge in [-0.15, -0.1) is 0 Å². The monoisotopic (exact) mass is 136 g/mol. The SMILES string of the molecule is CC1C#CC(C(C)C)CC1. The molecule has 0 heterocycles. The maximum Gasteiger partial charge on any atom is 0.0226 e. The summed E-state index contributed by atoms with van der Waals surface area (Å²) < 4.78 is 0. The van der Waals surface area contributed by atoms with E-state index in [4.69, 9.17) is 0 Å². The Bertz CT molecular complexity index is 157. The van der Waals surface area contributed by atoms with Gasteiger partial charge in [0.25, 0.3) is 0 Å². The standard InChI is InChI=1S/C10H16/c1-8(2)10-6-4-9(3)5-7-10/h8-10H,4,6H2,1-3H3. The normalized spacial score (nSPS) is 31.6. The Morgan fingerprint density at radius 3 is 2.30 bits per heavy atom.